The number of hydrogen-bond acceptors (Lipinski definition) is 6. The van der Waals surface area contributed by atoms with Gasteiger partial charge in [0.05, 0.1) is 51.6 Å². The van der Waals surface area contributed by atoms with Crippen LogP contribution in [-0.2, 0) is 6.42 Å². The molecule has 0 aliphatic heterocycles. The summed E-state index contributed by atoms with van der Waals surface area (Å²) in [6.07, 6.45) is 4.06. The highest BCUT2D eigenvalue weighted by molar-refractivity contribution is 9.13. The van der Waals surface area contributed by atoms with Crippen LogP contribution in [0.2, 0.25) is 0 Å². The summed E-state index contributed by atoms with van der Waals surface area (Å²) in [7, 11) is 9.81. The van der Waals surface area contributed by atoms with Crippen molar-refractivity contribution in [3.05, 3.63) is 30.6 Å². The SMILES string of the molecule is COc1c(Br)cc(C2CCCC2Cc2c(Br)c(Br)c(OC)c(OC)c2OC)c(OC)c1OC. The van der Waals surface area contributed by atoms with Crippen molar-refractivity contribution in [2.75, 3.05) is 42.7 Å². The quantitative estimate of drug-likeness (QED) is 0.287. The fraction of sp³-hybridized carbons (Fsp3) is 0.500. The first-order chi connectivity index (χ1) is 15.9. The monoisotopic (exact) mass is 650 g/mol. The highest BCUT2D eigenvalue weighted by Crippen LogP contribution is 2.55. The Labute approximate surface area is 220 Å². The summed E-state index contributed by atoms with van der Waals surface area (Å²) in [4.78, 5) is 0. The van der Waals surface area contributed by atoms with Crippen molar-refractivity contribution in [2.45, 2.75) is 31.6 Å². The lowest BCUT2D eigenvalue weighted by atomic mass is 9.83. The van der Waals surface area contributed by atoms with Gasteiger partial charge in [-0.15, -0.1) is 0 Å². The van der Waals surface area contributed by atoms with Crippen LogP contribution in [0.3, 0.4) is 0 Å². The van der Waals surface area contributed by atoms with Crippen molar-refractivity contribution in [1.29, 1.82) is 0 Å². The van der Waals surface area contributed by atoms with Crippen LogP contribution < -0.4 is 28.4 Å². The molecule has 0 radical (unpaired) electrons. The molecule has 1 fully saturated rings. The van der Waals surface area contributed by atoms with Crippen LogP contribution in [0.1, 0.15) is 36.3 Å². The van der Waals surface area contributed by atoms with Gasteiger partial charge in [-0.3, -0.25) is 0 Å². The van der Waals surface area contributed by atoms with E-state index in [1.807, 2.05) is 0 Å². The molecule has 2 aromatic rings. The molecule has 2 unspecified atom stereocenters. The predicted molar refractivity (Wildman–Crippen MR) is 139 cm³/mol. The third kappa shape index (κ3) is 4.78. The average molecular weight is 653 g/mol. The van der Waals surface area contributed by atoms with Gasteiger partial charge in [-0.2, -0.15) is 0 Å². The number of methoxy groups -OCH3 is 6. The third-order valence-corrected chi connectivity index (χ3v) is 9.02. The lowest BCUT2D eigenvalue weighted by Crippen LogP contribution is -2.13. The second-order valence-electron chi connectivity index (χ2n) is 7.76. The average Bonchev–Trinajstić information content (AvgIpc) is 3.28. The number of ether oxygens (including phenoxy) is 6. The maximum absolute atomic E-state index is 5.83. The van der Waals surface area contributed by atoms with Crippen LogP contribution >= 0.6 is 47.8 Å². The van der Waals surface area contributed by atoms with Crippen molar-refractivity contribution < 1.29 is 28.4 Å². The summed E-state index contributed by atoms with van der Waals surface area (Å²) < 4.78 is 36.6. The molecule has 0 N–H and O–H groups in total. The zero-order valence-corrected chi connectivity index (χ0v) is 24.4. The molecule has 9 heteroatoms. The second-order valence-corrected chi connectivity index (χ2v) is 10.2. The van der Waals surface area contributed by atoms with Gasteiger partial charge < -0.3 is 28.4 Å². The smallest absolute Gasteiger partial charge is 0.204 e. The zero-order valence-electron chi connectivity index (χ0n) is 19.6. The molecule has 182 valence electrons. The molecule has 33 heavy (non-hydrogen) atoms. The van der Waals surface area contributed by atoms with Crippen LogP contribution in [0.5, 0.6) is 34.5 Å². The lowest BCUT2D eigenvalue weighted by Gasteiger charge is -2.26. The van der Waals surface area contributed by atoms with Gasteiger partial charge in [-0.05, 0) is 85.0 Å². The van der Waals surface area contributed by atoms with E-state index in [0.29, 0.717) is 40.4 Å². The van der Waals surface area contributed by atoms with E-state index >= 15 is 0 Å². The minimum absolute atomic E-state index is 0.277. The van der Waals surface area contributed by atoms with Crippen LogP contribution in [-0.4, -0.2) is 42.7 Å². The lowest BCUT2D eigenvalue weighted by molar-refractivity contribution is 0.314. The second kappa shape index (κ2) is 11.4. The standard InChI is InChI=1S/C24H29Br3O6/c1-28-19-14(11-16(25)21(30-3)23(19)32-5)13-9-7-8-12(13)10-15-17(26)18(27)22(31-4)24(33-6)20(15)29-2/h11-13H,7-10H2,1-6H3. The Hall–Kier alpha value is -1.32. The first-order valence-corrected chi connectivity index (χ1v) is 12.9. The molecule has 3 rings (SSSR count). The largest absolute Gasteiger partial charge is 0.492 e. The molecule has 2 atom stereocenters. The van der Waals surface area contributed by atoms with E-state index < -0.39 is 0 Å². The molecule has 0 saturated heterocycles. The maximum atomic E-state index is 5.83. The van der Waals surface area contributed by atoms with E-state index in [2.05, 4.69) is 53.9 Å². The summed E-state index contributed by atoms with van der Waals surface area (Å²) in [5, 5.41) is 0. The van der Waals surface area contributed by atoms with Gasteiger partial charge in [0.2, 0.25) is 11.5 Å². The maximum Gasteiger partial charge on any atom is 0.204 e. The van der Waals surface area contributed by atoms with E-state index in [9.17, 15) is 0 Å². The topological polar surface area (TPSA) is 55.4 Å². The molecule has 1 aliphatic carbocycles. The van der Waals surface area contributed by atoms with Crippen LogP contribution in [0, 0.1) is 5.92 Å². The van der Waals surface area contributed by atoms with Gasteiger partial charge >= 0.3 is 0 Å². The first-order valence-electron chi connectivity index (χ1n) is 10.5. The molecule has 0 heterocycles. The van der Waals surface area contributed by atoms with Crippen LogP contribution in [0.25, 0.3) is 0 Å². The normalized spacial score (nSPS) is 17.6. The van der Waals surface area contributed by atoms with E-state index in [0.717, 1.165) is 50.2 Å². The van der Waals surface area contributed by atoms with Crippen molar-refractivity contribution in [3.63, 3.8) is 0 Å². The highest BCUT2D eigenvalue weighted by Gasteiger charge is 2.36. The van der Waals surface area contributed by atoms with E-state index in [-0.39, 0.29) is 5.92 Å². The van der Waals surface area contributed by atoms with Crippen molar-refractivity contribution >= 4 is 47.8 Å². The Bertz CT molecular complexity index is 1010. The Kier molecular flexibility index (Phi) is 9.08. The van der Waals surface area contributed by atoms with Crippen molar-refractivity contribution in [2.24, 2.45) is 5.92 Å². The summed E-state index contributed by atoms with van der Waals surface area (Å²) in [5.74, 6) is 4.43. The zero-order chi connectivity index (χ0) is 24.3. The molecule has 1 saturated carbocycles. The minimum atomic E-state index is 0.277. The molecule has 0 aromatic heterocycles. The molecule has 6 nitrogen and oxygen atoms in total. The van der Waals surface area contributed by atoms with Crippen molar-refractivity contribution in [3.8, 4) is 34.5 Å². The number of benzene rings is 2. The van der Waals surface area contributed by atoms with Crippen LogP contribution in [0.4, 0.5) is 0 Å². The fourth-order valence-corrected chi connectivity index (χ4v) is 6.55. The van der Waals surface area contributed by atoms with Gasteiger partial charge in [0.25, 0.3) is 0 Å². The molecule has 1 aliphatic rings. The molecular formula is C24H29Br3O6. The van der Waals surface area contributed by atoms with E-state index in [1.54, 1.807) is 42.7 Å². The van der Waals surface area contributed by atoms with E-state index in [4.69, 9.17) is 28.4 Å². The molecule has 0 amide bonds. The Balaban J connectivity index is 2.10. The minimum Gasteiger partial charge on any atom is -0.492 e. The molecule has 0 bridgehead atoms. The summed E-state index contributed by atoms with van der Waals surface area (Å²) in [6, 6.07) is 2.10. The van der Waals surface area contributed by atoms with Gasteiger partial charge in [-0.1, -0.05) is 6.42 Å². The fourth-order valence-electron chi connectivity index (χ4n) is 4.86. The molecule has 2 aromatic carbocycles. The highest BCUT2D eigenvalue weighted by atomic mass is 79.9. The molecular weight excluding hydrogens is 624 g/mol. The summed E-state index contributed by atoms with van der Waals surface area (Å²) >= 11 is 11.1. The number of hydrogen-bond donors (Lipinski definition) is 0. The van der Waals surface area contributed by atoms with Gasteiger partial charge in [0.15, 0.2) is 23.0 Å². The van der Waals surface area contributed by atoms with E-state index in [1.165, 1.54) is 0 Å². The third-order valence-electron chi connectivity index (χ3n) is 6.27. The number of rotatable bonds is 9. The summed E-state index contributed by atoms with van der Waals surface area (Å²) in [6.45, 7) is 0. The Morgan fingerprint density at radius 1 is 0.667 bits per heavy atom. The molecule has 0 spiro atoms. The van der Waals surface area contributed by atoms with Gasteiger partial charge in [-0.25, -0.2) is 0 Å². The predicted octanol–water partition coefficient (Wildman–Crippen LogP) is 7.15. The number of halogens is 3. The van der Waals surface area contributed by atoms with Crippen LogP contribution in [0.15, 0.2) is 19.5 Å². The first kappa shape index (κ1) is 26.3. The Morgan fingerprint density at radius 2 is 1.21 bits per heavy atom. The summed E-state index contributed by atoms with van der Waals surface area (Å²) in [5.41, 5.74) is 2.15. The van der Waals surface area contributed by atoms with Gasteiger partial charge in [0.1, 0.15) is 0 Å². The Morgan fingerprint density at radius 3 is 1.76 bits per heavy atom. The van der Waals surface area contributed by atoms with Crippen molar-refractivity contribution in [1.82, 2.24) is 0 Å². The van der Waals surface area contributed by atoms with Gasteiger partial charge in [0, 0.05) is 15.6 Å².